The van der Waals surface area contributed by atoms with Gasteiger partial charge in [0.05, 0.1) is 0 Å². The van der Waals surface area contributed by atoms with E-state index >= 15 is 0 Å². The Morgan fingerprint density at radius 2 is 2.05 bits per heavy atom. The van der Waals surface area contributed by atoms with Crippen molar-refractivity contribution >= 4 is 6.02 Å². The number of halogens is 3. The van der Waals surface area contributed by atoms with E-state index in [-0.39, 0.29) is 5.56 Å². The minimum atomic E-state index is -2.83. The molecule has 0 aromatic heterocycles. The van der Waals surface area contributed by atoms with Gasteiger partial charge in [-0.3, -0.25) is 0 Å². The smallest absolute Gasteiger partial charge is 0.283 e. The van der Waals surface area contributed by atoms with E-state index in [0.29, 0.717) is 0 Å². The van der Waals surface area contributed by atoms with Crippen LogP contribution in [0.3, 0.4) is 0 Å². The Hall–Kier alpha value is -1.76. The van der Waals surface area contributed by atoms with E-state index in [1.54, 1.807) is 6.07 Å². The normalized spacial score (nSPS) is 30.0. The molecule has 4 nitrogen and oxygen atoms in total. The van der Waals surface area contributed by atoms with Crippen molar-refractivity contribution < 1.29 is 22.6 Å². The topological polar surface area (TPSA) is 56.8 Å². The van der Waals surface area contributed by atoms with Crippen LogP contribution in [-0.4, -0.2) is 31.8 Å². The molecule has 0 saturated carbocycles. The molecule has 0 radical (unpaired) electrons. The molecule has 1 aliphatic heterocycles. The lowest BCUT2D eigenvalue weighted by molar-refractivity contribution is -0.121. The van der Waals surface area contributed by atoms with Gasteiger partial charge in [0.25, 0.3) is 12.4 Å². The SMILES string of the molecule is CO[C@H]1[C@@H](C(F)F)OC(N)=N[C@]1(C)c1ccccc1F. The Morgan fingerprint density at radius 1 is 1.40 bits per heavy atom. The molecule has 1 aliphatic rings. The largest absolute Gasteiger partial charge is 0.453 e. The number of benzene rings is 1. The second-order valence-electron chi connectivity index (χ2n) is 4.65. The zero-order valence-electron chi connectivity index (χ0n) is 11.0. The maximum atomic E-state index is 14.0. The number of alkyl halides is 2. The van der Waals surface area contributed by atoms with Gasteiger partial charge in [-0.25, -0.2) is 18.2 Å². The Bertz CT molecular complexity index is 524. The predicted molar refractivity (Wildman–Crippen MR) is 67.0 cm³/mol. The molecule has 0 bridgehead atoms. The molecule has 110 valence electrons. The number of amidine groups is 1. The summed E-state index contributed by atoms with van der Waals surface area (Å²) in [5.41, 5.74) is 4.20. The zero-order valence-corrected chi connectivity index (χ0v) is 11.0. The number of hydrogen-bond acceptors (Lipinski definition) is 4. The van der Waals surface area contributed by atoms with Crippen molar-refractivity contribution in [1.29, 1.82) is 0 Å². The third kappa shape index (κ3) is 2.33. The van der Waals surface area contributed by atoms with E-state index in [1.165, 1.54) is 32.2 Å². The van der Waals surface area contributed by atoms with Crippen LogP contribution in [0.15, 0.2) is 29.3 Å². The Morgan fingerprint density at radius 3 is 2.60 bits per heavy atom. The lowest BCUT2D eigenvalue weighted by atomic mass is 9.83. The van der Waals surface area contributed by atoms with Crippen molar-refractivity contribution in [1.82, 2.24) is 0 Å². The molecule has 1 aromatic rings. The molecule has 0 aliphatic carbocycles. The van der Waals surface area contributed by atoms with Crippen LogP contribution >= 0.6 is 0 Å². The number of ether oxygens (including phenoxy) is 2. The average Bonchev–Trinajstić information content (AvgIpc) is 2.38. The molecule has 2 N–H and O–H groups in total. The first kappa shape index (κ1) is 14.6. The summed E-state index contributed by atoms with van der Waals surface area (Å²) in [4.78, 5) is 4.00. The van der Waals surface area contributed by atoms with E-state index < -0.39 is 36.0 Å². The summed E-state index contributed by atoms with van der Waals surface area (Å²) >= 11 is 0. The second kappa shape index (κ2) is 5.32. The van der Waals surface area contributed by atoms with Crippen molar-refractivity contribution in [3.8, 4) is 0 Å². The van der Waals surface area contributed by atoms with E-state index in [0.717, 1.165) is 0 Å². The maximum absolute atomic E-state index is 14.0. The van der Waals surface area contributed by atoms with E-state index in [2.05, 4.69) is 4.99 Å². The minimum Gasteiger partial charge on any atom is -0.453 e. The summed E-state index contributed by atoms with van der Waals surface area (Å²) in [5.74, 6) is -0.566. The van der Waals surface area contributed by atoms with Crippen LogP contribution in [-0.2, 0) is 15.0 Å². The third-order valence-corrected chi connectivity index (χ3v) is 3.37. The first-order valence-corrected chi connectivity index (χ1v) is 5.98. The van der Waals surface area contributed by atoms with E-state index in [1.807, 2.05) is 0 Å². The monoisotopic (exact) mass is 288 g/mol. The number of aliphatic imine (C=N–C) groups is 1. The first-order valence-electron chi connectivity index (χ1n) is 5.98. The summed E-state index contributed by atoms with van der Waals surface area (Å²) in [7, 11) is 1.25. The lowest BCUT2D eigenvalue weighted by Gasteiger charge is -2.41. The molecule has 0 unspecified atom stereocenters. The molecule has 0 spiro atoms. The molecule has 20 heavy (non-hydrogen) atoms. The van der Waals surface area contributed by atoms with Crippen LogP contribution in [0.4, 0.5) is 13.2 Å². The van der Waals surface area contributed by atoms with Crippen LogP contribution in [0.25, 0.3) is 0 Å². The fourth-order valence-electron chi connectivity index (χ4n) is 2.47. The standard InChI is InChI=1S/C13H15F3N2O2/c1-13(7-5-3-4-6-8(7)14)10(19-2)9(11(15)16)20-12(17)18-13/h3-6,9-11H,1-2H3,(H2,17,18)/t9-,10-,13+/m0/s1. The van der Waals surface area contributed by atoms with Crippen LogP contribution in [0.1, 0.15) is 12.5 Å². The third-order valence-electron chi connectivity index (χ3n) is 3.37. The average molecular weight is 288 g/mol. The van der Waals surface area contributed by atoms with Gasteiger partial charge in [-0.2, -0.15) is 0 Å². The number of methoxy groups -OCH3 is 1. The number of hydrogen-bond donors (Lipinski definition) is 1. The maximum Gasteiger partial charge on any atom is 0.283 e. The molecular weight excluding hydrogens is 273 g/mol. The molecule has 7 heteroatoms. The molecule has 0 fully saturated rings. The van der Waals surface area contributed by atoms with Gasteiger partial charge in [-0.05, 0) is 13.0 Å². The predicted octanol–water partition coefficient (Wildman–Crippen LogP) is 2.03. The fraction of sp³-hybridized carbons (Fsp3) is 0.462. The summed E-state index contributed by atoms with van der Waals surface area (Å²) in [6.07, 6.45) is -5.60. The van der Waals surface area contributed by atoms with Gasteiger partial charge in [-0.1, -0.05) is 18.2 Å². The highest BCUT2D eigenvalue weighted by Crippen LogP contribution is 2.39. The van der Waals surface area contributed by atoms with Gasteiger partial charge < -0.3 is 15.2 Å². The molecule has 1 aromatic carbocycles. The second-order valence-corrected chi connectivity index (χ2v) is 4.65. The summed E-state index contributed by atoms with van der Waals surface area (Å²) < 4.78 is 50.1. The van der Waals surface area contributed by atoms with Crippen molar-refractivity contribution in [3.63, 3.8) is 0 Å². The Kier molecular flexibility index (Phi) is 3.89. The molecule has 3 atom stereocenters. The van der Waals surface area contributed by atoms with Crippen molar-refractivity contribution in [2.75, 3.05) is 7.11 Å². The Balaban J connectivity index is 2.56. The van der Waals surface area contributed by atoms with Crippen molar-refractivity contribution in [2.45, 2.75) is 31.1 Å². The summed E-state index contributed by atoms with van der Waals surface area (Å²) in [6, 6.07) is 5.38. The molecule has 0 saturated heterocycles. The molecule has 0 amide bonds. The molecule has 1 heterocycles. The zero-order chi connectivity index (χ0) is 14.9. The summed E-state index contributed by atoms with van der Waals surface area (Å²) in [6.45, 7) is 1.49. The Labute approximate surface area is 114 Å². The lowest BCUT2D eigenvalue weighted by Crippen LogP contribution is -2.55. The highest BCUT2D eigenvalue weighted by molar-refractivity contribution is 5.73. The van der Waals surface area contributed by atoms with Crippen LogP contribution in [0, 0.1) is 5.82 Å². The van der Waals surface area contributed by atoms with Crippen molar-refractivity contribution in [2.24, 2.45) is 10.7 Å². The van der Waals surface area contributed by atoms with Gasteiger partial charge in [0, 0.05) is 12.7 Å². The van der Waals surface area contributed by atoms with Crippen LogP contribution < -0.4 is 5.73 Å². The van der Waals surface area contributed by atoms with Crippen LogP contribution in [0.2, 0.25) is 0 Å². The summed E-state index contributed by atoms with van der Waals surface area (Å²) in [5, 5.41) is 0. The van der Waals surface area contributed by atoms with Gasteiger partial charge in [-0.15, -0.1) is 0 Å². The van der Waals surface area contributed by atoms with Crippen LogP contribution in [0.5, 0.6) is 0 Å². The highest BCUT2D eigenvalue weighted by Gasteiger charge is 2.50. The number of nitrogens with two attached hydrogens (primary N) is 1. The minimum absolute atomic E-state index is 0.128. The van der Waals surface area contributed by atoms with E-state index in [4.69, 9.17) is 15.2 Å². The number of nitrogens with zero attached hydrogens (tertiary/aromatic N) is 1. The van der Waals surface area contributed by atoms with Crippen molar-refractivity contribution in [3.05, 3.63) is 35.6 Å². The highest BCUT2D eigenvalue weighted by atomic mass is 19.3. The first-order chi connectivity index (χ1) is 9.40. The molecular formula is C13H15F3N2O2. The fourth-order valence-corrected chi connectivity index (χ4v) is 2.47. The number of rotatable bonds is 3. The van der Waals surface area contributed by atoms with E-state index in [9.17, 15) is 13.2 Å². The van der Waals surface area contributed by atoms with Gasteiger partial charge in [0.1, 0.15) is 17.5 Å². The van der Waals surface area contributed by atoms with Gasteiger partial charge in [0.15, 0.2) is 6.10 Å². The molecule has 2 rings (SSSR count). The van der Waals surface area contributed by atoms with Gasteiger partial charge >= 0.3 is 0 Å². The quantitative estimate of drug-likeness (QED) is 0.926. The van der Waals surface area contributed by atoms with Gasteiger partial charge in [0.2, 0.25) is 0 Å².